The number of rotatable bonds is 2. The molecular weight excluding hydrogens is 136 g/mol. The Hall–Kier alpha value is -0.300. The SMILES string of the molecule is C=CCC12CCC(CC1O)C2. The van der Waals surface area contributed by atoms with Crippen LogP contribution in [0.5, 0.6) is 0 Å². The van der Waals surface area contributed by atoms with E-state index >= 15 is 0 Å². The average molecular weight is 152 g/mol. The summed E-state index contributed by atoms with van der Waals surface area (Å²) in [5.41, 5.74) is 0.256. The first-order chi connectivity index (χ1) is 5.27. The van der Waals surface area contributed by atoms with Gasteiger partial charge in [0.1, 0.15) is 0 Å². The summed E-state index contributed by atoms with van der Waals surface area (Å²) >= 11 is 0. The second-order valence-corrected chi connectivity index (χ2v) is 4.22. The molecule has 3 atom stereocenters. The van der Waals surface area contributed by atoms with Crippen LogP contribution in [0.1, 0.15) is 32.1 Å². The third-order valence-corrected chi connectivity index (χ3v) is 3.56. The predicted molar refractivity (Wildman–Crippen MR) is 45.2 cm³/mol. The summed E-state index contributed by atoms with van der Waals surface area (Å²) in [7, 11) is 0. The van der Waals surface area contributed by atoms with Crippen molar-refractivity contribution in [1.29, 1.82) is 0 Å². The van der Waals surface area contributed by atoms with Crippen molar-refractivity contribution in [3.63, 3.8) is 0 Å². The van der Waals surface area contributed by atoms with E-state index in [1.807, 2.05) is 6.08 Å². The standard InChI is InChI=1S/C10H16O/c1-2-4-10-5-3-8(7-10)6-9(10)11/h2,8-9,11H,1,3-7H2. The van der Waals surface area contributed by atoms with Crippen molar-refractivity contribution in [3.05, 3.63) is 12.7 Å². The maximum absolute atomic E-state index is 9.75. The molecule has 2 fully saturated rings. The summed E-state index contributed by atoms with van der Waals surface area (Å²) in [6.45, 7) is 3.76. The zero-order valence-electron chi connectivity index (χ0n) is 6.92. The molecule has 0 aromatic carbocycles. The van der Waals surface area contributed by atoms with Gasteiger partial charge in [-0.2, -0.15) is 0 Å². The Bertz CT molecular complexity index is 176. The van der Waals surface area contributed by atoms with E-state index in [9.17, 15) is 5.11 Å². The number of allylic oxidation sites excluding steroid dienone is 1. The molecule has 0 amide bonds. The van der Waals surface area contributed by atoms with E-state index in [2.05, 4.69) is 6.58 Å². The Kier molecular flexibility index (Phi) is 1.57. The van der Waals surface area contributed by atoms with Crippen LogP contribution in [0.2, 0.25) is 0 Å². The van der Waals surface area contributed by atoms with Crippen LogP contribution < -0.4 is 0 Å². The molecule has 1 heteroatoms. The summed E-state index contributed by atoms with van der Waals surface area (Å²) in [5, 5.41) is 9.75. The summed E-state index contributed by atoms with van der Waals surface area (Å²) in [6, 6.07) is 0. The van der Waals surface area contributed by atoms with E-state index in [0.717, 1.165) is 18.8 Å². The molecule has 62 valence electrons. The molecule has 0 aliphatic heterocycles. The Labute approximate surface area is 68.1 Å². The van der Waals surface area contributed by atoms with Crippen LogP contribution in [0.4, 0.5) is 0 Å². The van der Waals surface area contributed by atoms with Gasteiger partial charge in [0.05, 0.1) is 6.10 Å². The highest BCUT2D eigenvalue weighted by Crippen LogP contribution is 2.56. The van der Waals surface area contributed by atoms with E-state index in [1.54, 1.807) is 0 Å². The first-order valence-electron chi connectivity index (χ1n) is 4.56. The fourth-order valence-corrected chi connectivity index (χ4v) is 2.95. The van der Waals surface area contributed by atoms with Crippen molar-refractivity contribution >= 4 is 0 Å². The van der Waals surface area contributed by atoms with Gasteiger partial charge in [0.15, 0.2) is 0 Å². The quantitative estimate of drug-likeness (QED) is 0.601. The van der Waals surface area contributed by atoms with Crippen LogP contribution in [0.15, 0.2) is 12.7 Å². The molecule has 11 heavy (non-hydrogen) atoms. The van der Waals surface area contributed by atoms with Gasteiger partial charge in [0.25, 0.3) is 0 Å². The van der Waals surface area contributed by atoms with E-state index in [-0.39, 0.29) is 11.5 Å². The predicted octanol–water partition coefficient (Wildman–Crippen LogP) is 2.11. The molecule has 2 aliphatic carbocycles. The summed E-state index contributed by atoms with van der Waals surface area (Å²) in [6.07, 6.45) is 7.82. The lowest BCUT2D eigenvalue weighted by molar-refractivity contribution is 0.0424. The smallest absolute Gasteiger partial charge is 0.0602 e. The van der Waals surface area contributed by atoms with Crippen LogP contribution in [-0.2, 0) is 0 Å². The van der Waals surface area contributed by atoms with Crippen molar-refractivity contribution in [2.45, 2.75) is 38.2 Å². The Morgan fingerprint density at radius 3 is 2.91 bits per heavy atom. The largest absolute Gasteiger partial charge is 0.393 e. The number of hydrogen-bond acceptors (Lipinski definition) is 1. The van der Waals surface area contributed by atoms with E-state index in [4.69, 9.17) is 0 Å². The highest BCUT2D eigenvalue weighted by molar-refractivity contribution is 5.04. The van der Waals surface area contributed by atoms with Gasteiger partial charge in [-0.15, -0.1) is 6.58 Å². The van der Waals surface area contributed by atoms with E-state index < -0.39 is 0 Å². The normalized spacial score (nSPS) is 48.1. The third-order valence-electron chi connectivity index (χ3n) is 3.56. The van der Waals surface area contributed by atoms with Gasteiger partial charge in [-0.3, -0.25) is 0 Å². The van der Waals surface area contributed by atoms with Crippen molar-refractivity contribution in [2.75, 3.05) is 0 Å². The molecule has 0 spiro atoms. The fraction of sp³-hybridized carbons (Fsp3) is 0.800. The van der Waals surface area contributed by atoms with Crippen molar-refractivity contribution in [2.24, 2.45) is 11.3 Å². The van der Waals surface area contributed by atoms with Crippen molar-refractivity contribution in [3.8, 4) is 0 Å². The second-order valence-electron chi connectivity index (χ2n) is 4.22. The topological polar surface area (TPSA) is 20.2 Å². The molecule has 2 rings (SSSR count). The van der Waals surface area contributed by atoms with Crippen LogP contribution in [-0.4, -0.2) is 11.2 Å². The highest BCUT2D eigenvalue weighted by Gasteiger charge is 2.50. The molecule has 0 aromatic heterocycles. The maximum atomic E-state index is 9.75. The van der Waals surface area contributed by atoms with Crippen LogP contribution in [0, 0.1) is 11.3 Å². The minimum Gasteiger partial charge on any atom is -0.393 e. The molecule has 0 radical (unpaired) electrons. The molecular formula is C10H16O. The Balaban J connectivity index is 2.15. The van der Waals surface area contributed by atoms with Gasteiger partial charge in [-0.25, -0.2) is 0 Å². The van der Waals surface area contributed by atoms with E-state index in [0.29, 0.717) is 0 Å². The molecule has 0 saturated heterocycles. The molecule has 2 saturated carbocycles. The van der Waals surface area contributed by atoms with Crippen LogP contribution >= 0.6 is 0 Å². The zero-order chi connectivity index (χ0) is 7.90. The first kappa shape index (κ1) is 7.35. The third kappa shape index (κ3) is 0.943. The number of hydrogen-bond donors (Lipinski definition) is 1. The lowest BCUT2D eigenvalue weighted by atomic mass is 9.79. The second kappa shape index (κ2) is 2.34. The molecule has 3 unspecified atom stereocenters. The maximum Gasteiger partial charge on any atom is 0.0602 e. The lowest BCUT2D eigenvalue weighted by Gasteiger charge is -2.30. The summed E-state index contributed by atoms with van der Waals surface area (Å²) in [4.78, 5) is 0. The molecule has 1 nitrogen and oxygen atoms in total. The highest BCUT2D eigenvalue weighted by atomic mass is 16.3. The minimum absolute atomic E-state index is 0.0285. The van der Waals surface area contributed by atoms with Gasteiger partial charge >= 0.3 is 0 Å². The molecule has 2 aliphatic rings. The first-order valence-corrected chi connectivity index (χ1v) is 4.56. The minimum atomic E-state index is -0.0285. The Morgan fingerprint density at radius 1 is 1.64 bits per heavy atom. The lowest BCUT2D eigenvalue weighted by Crippen LogP contribution is -2.29. The van der Waals surface area contributed by atoms with Crippen LogP contribution in [0.3, 0.4) is 0 Å². The molecule has 0 heterocycles. The molecule has 2 bridgehead atoms. The monoisotopic (exact) mass is 152 g/mol. The number of fused-ring (bicyclic) bond motifs is 2. The average Bonchev–Trinajstić information content (AvgIpc) is 2.45. The van der Waals surface area contributed by atoms with Crippen molar-refractivity contribution in [1.82, 2.24) is 0 Å². The van der Waals surface area contributed by atoms with Gasteiger partial charge in [0.2, 0.25) is 0 Å². The van der Waals surface area contributed by atoms with Crippen molar-refractivity contribution < 1.29 is 5.11 Å². The van der Waals surface area contributed by atoms with Gasteiger partial charge in [0, 0.05) is 5.41 Å². The summed E-state index contributed by atoms with van der Waals surface area (Å²) in [5.74, 6) is 0.824. The summed E-state index contributed by atoms with van der Waals surface area (Å²) < 4.78 is 0. The number of aliphatic hydroxyl groups excluding tert-OH is 1. The van der Waals surface area contributed by atoms with Crippen LogP contribution in [0.25, 0.3) is 0 Å². The fourth-order valence-electron chi connectivity index (χ4n) is 2.95. The van der Waals surface area contributed by atoms with Gasteiger partial charge in [-0.1, -0.05) is 6.08 Å². The van der Waals surface area contributed by atoms with Gasteiger partial charge in [-0.05, 0) is 38.0 Å². The number of aliphatic hydroxyl groups is 1. The van der Waals surface area contributed by atoms with Gasteiger partial charge < -0.3 is 5.11 Å². The molecule has 0 aromatic rings. The zero-order valence-corrected chi connectivity index (χ0v) is 6.92. The Morgan fingerprint density at radius 2 is 2.45 bits per heavy atom. The molecule has 1 N–H and O–H groups in total. The van der Waals surface area contributed by atoms with E-state index in [1.165, 1.54) is 19.3 Å².